The van der Waals surface area contributed by atoms with Crippen molar-refractivity contribution in [1.82, 2.24) is 4.90 Å². The van der Waals surface area contributed by atoms with Crippen LogP contribution in [-0.2, 0) is 11.2 Å². The Morgan fingerprint density at radius 1 is 1.00 bits per heavy atom. The lowest BCUT2D eigenvalue weighted by atomic mass is 9.83. The van der Waals surface area contributed by atoms with E-state index in [-0.39, 0.29) is 23.7 Å². The first-order valence-corrected chi connectivity index (χ1v) is 14.7. The molecule has 0 N–H and O–H groups in total. The fraction of sp³-hybridized carbons (Fsp3) is 0.375. The molecule has 3 aromatic carbocycles. The van der Waals surface area contributed by atoms with E-state index in [4.69, 9.17) is 21.1 Å². The largest absolute Gasteiger partial charge is 0.480 e. The van der Waals surface area contributed by atoms with Crippen LogP contribution in [0.25, 0.3) is 0 Å². The van der Waals surface area contributed by atoms with Gasteiger partial charge in [-0.1, -0.05) is 35.9 Å². The standard InChI is InChI=1S/C32H36ClNO4S/c1-20-15-24(16-21(2)30(20)38-32(4,5)22(3)35)29-19-34(31(36)37-27-11-9-26(33)10-12-27)18-25(29)17-23-7-13-28(39-6)14-8-23/h7-16,25,29H,17-19H2,1-6H3/t25-,29+/m1/s1. The first-order chi connectivity index (χ1) is 18.5. The predicted octanol–water partition coefficient (Wildman–Crippen LogP) is 7.88. The van der Waals surface area contributed by atoms with Crippen LogP contribution in [0.5, 0.6) is 11.5 Å². The van der Waals surface area contributed by atoms with Crippen molar-refractivity contribution in [3.05, 3.63) is 87.9 Å². The lowest BCUT2D eigenvalue weighted by molar-refractivity contribution is -0.129. The highest BCUT2D eigenvalue weighted by Gasteiger charge is 2.38. The minimum absolute atomic E-state index is 0.0245. The zero-order valence-electron chi connectivity index (χ0n) is 23.4. The molecular formula is C32H36ClNO4S. The van der Waals surface area contributed by atoms with E-state index in [1.807, 2.05) is 13.8 Å². The fourth-order valence-electron chi connectivity index (χ4n) is 5.02. The maximum atomic E-state index is 13.2. The number of carbonyl (C=O) groups is 2. The van der Waals surface area contributed by atoms with Gasteiger partial charge in [0.05, 0.1) is 0 Å². The second-order valence-corrected chi connectivity index (χ2v) is 12.1. The molecular weight excluding hydrogens is 530 g/mol. The lowest BCUT2D eigenvalue weighted by Crippen LogP contribution is -2.36. The number of ketones is 1. The molecule has 0 spiro atoms. The molecule has 0 unspecified atom stereocenters. The van der Waals surface area contributed by atoms with Crippen molar-refractivity contribution >= 4 is 35.2 Å². The Labute approximate surface area is 240 Å². The number of benzene rings is 3. The molecule has 3 aromatic rings. The Morgan fingerprint density at radius 3 is 2.18 bits per heavy atom. The monoisotopic (exact) mass is 565 g/mol. The summed E-state index contributed by atoms with van der Waals surface area (Å²) in [6.07, 6.45) is 2.55. The zero-order valence-corrected chi connectivity index (χ0v) is 25.0. The van der Waals surface area contributed by atoms with Crippen LogP contribution in [0, 0.1) is 19.8 Å². The molecule has 1 saturated heterocycles. The topological polar surface area (TPSA) is 55.8 Å². The van der Waals surface area contributed by atoms with Crippen molar-refractivity contribution in [3.63, 3.8) is 0 Å². The number of likely N-dealkylation sites (tertiary alicyclic amines) is 1. The zero-order chi connectivity index (χ0) is 28.3. The number of carbonyl (C=O) groups excluding carboxylic acids is 2. The third-order valence-electron chi connectivity index (χ3n) is 7.49. The number of Topliss-reactive ketones (excluding diaryl/α,β-unsaturated/α-hetero) is 1. The third kappa shape index (κ3) is 6.98. The smallest absolute Gasteiger partial charge is 0.415 e. The Balaban J connectivity index is 1.61. The van der Waals surface area contributed by atoms with E-state index >= 15 is 0 Å². The number of amides is 1. The molecule has 0 bridgehead atoms. The molecule has 1 aliphatic heterocycles. The summed E-state index contributed by atoms with van der Waals surface area (Å²) in [6, 6.07) is 19.7. The first kappa shape index (κ1) is 29.0. The van der Waals surface area contributed by atoms with Gasteiger partial charge in [0.1, 0.15) is 11.5 Å². The summed E-state index contributed by atoms with van der Waals surface area (Å²) in [4.78, 5) is 28.3. The molecule has 1 fully saturated rings. The summed E-state index contributed by atoms with van der Waals surface area (Å²) in [5.41, 5.74) is 3.45. The van der Waals surface area contributed by atoms with Gasteiger partial charge in [0.25, 0.3) is 0 Å². The minimum atomic E-state index is -0.905. The molecule has 5 nitrogen and oxygen atoms in total. The molecule has 7 heteroatoms. The summed E-state index contributed by atoms with van der Waals surface area (Å²) in [5, 5.41) is 0.591. The van der Waals surface area contributed by atoms with Gasteiger partial charge in [0.2, 0.25) is 0 Å². The molecule has 206 valence electrons. The number of halogens is 1. The van der Waals surface area contributed by atoms with Gasteiger partial charge in [0, 0.05) is 28.9 Å². The van der Waals surface area contributed by atoms with E-state index in [9.17, 15) is 9.59 Å². The second kappa shape index (κ2) is 12.1. The van der Waals surface area contributed by atoms with E-state index < -0.39 is 5.60 Å². The Kier molecular flexibility index (Phi) is 8.97. The number of aryl methyl sites for hydroxylation is 2. The highest BCUT2D eigenvalue weighted by molar-refractivity contribution is 7.98. The van der Waals surface area contributed by atoms with E-state index in [1.165, 1.54) is 10.5 Å². The Hall–Kier alpha value is -2.96. The van der Waals surface area contributed by atoms with Gasteiger partial charge < -0.3 is 14.4 Å². The highest BCUT2D eigenvalue weighted by atomic mass is 35.5. The van der Waals surface area contributed by atoms with E-state index in [1.54, 1.807) is 61.7 Å². The summed E-state index contributed by atoms with van der Waals surface area (Å²) in [7, 11) is 0. The van der Waals surface area contributed by atoms with Crippen molar-refractivity contribution in [1.29, 1.82) is 0 Å². The summed E-state index contributed by atoms with van der Waals surface area (Å²) < 4.78 is 11.9. The summed E-state index contributed by atoms with van der Waals surface area (Å²) in [5.74, 6) is 1.51. The third-order valence-corrected chi connectivity index (χ3v) is 8.49. The number of rotatable bonds is 8. The van der Waals surface area contributed by atoms with Gasteiger partial charge in [0.15, 0.2) is 11.4 Å². The molecule has 0 radical (unpaired) electrons. The van der Waals surface area contributed by atoms with Crippen LogP contribution in [-0.4, -0.2) is 41.7 Å². The van der Waals surface area contributed by atoms with Gasteiger partial charge in [-0.05, 0) is 112 Å². The molecule has 2 atom stereocenters. The predicted molar refractivity (Wildman–Crippen MR) is 159 cm³/mol. The van der Waals surface area contributed by atoms with Crippen LogP contribution >= 0.6 is 23.4 Å². The molecule has 0 aromatic heterocycles. The van der Waals surface area contributed by atoms with Gasteiger partial charge >= 0.3 is 6.09 Å². The van der Waals surface area contributed by atoms with Gasteiger partial charge in [-0.15, -0.1) is 11.8 Å². The van der Waals surface area contributed by atoms with Crippen LogP contribution in [0.3, 0.4) is 0 Å². The van der Waals surface area contributed by atoms with Gasteiger partial charge in [-0.2, -0.15) is 0 Å². The minimum Gasteiger partial charge on any atom is -0.480 e. The average molecular weight is 566 g/mol. The summed E-state index contributed by atoms with van der Waals surface area (Å²) in [6.45, 7) is 10.3. The molecule has 0 saturated carbocycles. The van der Waals surface area contributed by atoms with E-state index in [2.05, 4.69) is 42.7 Å². The second-order valence-electron chi connectivity index (χ2n) is 10.8. The van der Waals surface area contributed by atoms with Crippen LogP contribution < -0.4 is 9.47 Å². The maximum Gasteiger partial charge on any atom is 0.415 e. The van der Waals surface area contributed by atoms with Crippen LogP contribution in [0.1, 0.15) is 48.9 Å². The van der Waals surface area contributed by atoms with Gasteiger partial charge in [-0.3, -0.25) is 4.79 Å². The molecule has 1 aliphatic rings. The average Bonchev–Trinajstić information content (AvgIpc) is 3.32. The number of thioether (sulfide) groups is 1. The number of ether oxygens (including phenoxy) is 2. The molecule has 1 amide bonds. The quantitative estimate of drug-likeness (QED) is 0.260. The van der Waals surface area contributed by atoms with E-state index in [0.29, 0.717) is 23.9 Å². The first-order valence-electron chi connectivity index (χ1n) is 13.1. The van der Waals surface area contributed by atoms with Gasteiger partial charge in [-0.25, -0.2) is 4.79 Å². The number of hydrogen-bond acceptors (Lipinski definition) is 5. The van der Waals surface area contributed by atoms with Crippen LogP contribution in [0.15, 0.2) is 65.6 Å². The highest BCUT2D eigenvalue weighted by Crippen LogP contribution is 2.39. The lowest BCUT2D eigenvalue weighted by Gasteiger charge is -2.27. The molecule has 0 aliphatic carbocycles. The van der Waals surface area contributed by atoms with Crippen molar-refractivity contribution in [2.75, 3.05) is 19.3 Å². The molecule has 1 heterocycles. The van der Waals surface area contributed by atoms with Crippen molar-refractivity contribution < 1.29 is 19.1 Å². The van der Waals surface area contributed by atoms with Crippen molar-refractivity contribution in [2.24, 2.45) is 5.92 Å². The van der Waals surface area contributed by atoms with Crippen LogP contribution in [0.4, 0.5) is 4.79 Å². The van der Waals surface area contributed by atoms with Crippen LogP contribution in [0.2, 0.25) is 5.02 Å². The summed E-state index contributed by atoms with van der Waals surface area (Å²) >= 11 is 7.71. The Bertz CT molecular complexity index is 1310. The number of hydrogen-bond donors (Lipinski definition) is 0. The molecule has 39 heavy (non-hydrogen) atoms. The fourth-order valence-corrected chi connectivity index (χ4v) is 5.56. The number of nitrogens with zero attached hydrogens (tertiary/aromatic N) is 1. The molecule has 4 rings (SSSR count). The SMILES string of the molecule is CSc1ccc(C[C@@H]2CN(C(=O)Oc3ccc(Cl)cc3)C[C@H]2c2cc(C)c(OC(C)(C)C(C)=O)c(C)c2)cc1. The maximum absolute atomic E-state index is 13.2. The van der Waals surface area contributed by atoms with Crippen molar-refractivity contribution in [2.45, 2.75) is 57.5 Å². The Morgan fingerprint density at radius 2 is 1.62 bits per heavy atom. The normalized spacial score (nSPS) is 17.3. The van der Waals surface area contributed by atoms with Crippen molar-refractivity contribution in [3.8, 4) is 11.5 Å². The van der Waals surface area contributed by atoms with E-state index in [0.717, 1.165) is 28.9 Å².